The number of hydrogen-bond acceptors (Lipinski definition) is 3. The lowest BCUT2D eigenvalue weighted by Crippen LogP contribution is -2.48. The lowest BCUT2D eigenvalue weighted by molar-refractivity contribution is 0.0628. The van der Waals surface area contributed by atoms with Crippen LogP contribution in [0.4, 0.5) is 0 Å². The first kappa shape index (κ1) is 15.6. The minimum atomic E-state index is 0.131. The van der Waals surface area contributed by atoms with Crippen molar-refractivity contribution in [3.63, 3.8) is 0 Å². The summed E-state index contributed by atoms with van der Waals surface area (Å²) in [5.41, 5.74) is 2.01. The number of methoxy groups -OCH3 is 1. The fourth-order valence-corrected chi connectivity index (χ4v) is 2.90. The van der Waals surface area contributed by atoms with Crippen molar-refractivity contribution in [3.8, 4) is 5.75 Å². The fraction of sp³-hybridized carbons (Fsp3) is 0.316. The minimum absolute atomic E-state index is 0.131. The van der Waals surface area contributed by atoms with E-state index in [1.807, 2.05) is 47.4 Å². The molecule has 0 unspecified atom stereocenters. The third-order valence-electron chi connectivity index (χ3n) is 4.22. The van der Waals surface area contributed by atoms with Gasteiger partial charge in [0.05, 0.1) is 7.11 Å². The van der Waals surface area contributed by atoms with Crippen LogP contribution in [0.3, 0.4) is 0 Å². The monoisotopic (exact) mass is 310 g/mol. The number of ether oxygens (including phenoxy) is 1. The maximum absolute atomic E-state index is 12.4. The first-order valence-corrected chi connectivity index (χ1v) is 7.96. The lowest BCUT2D eigenvalue weighted by Gasteiger charge is -2.34. The zero-order valence-electron chi connectivity index (χ0n) is 13.4. The van der Waals surface area contributed by atoms with Crippen molar-refractivity contribution in [2.24, 2.45) is 0 Å². The predicted molar refractivity (Wildman–Crippen MR) is 90.6 cm³/mol. The highest BCUT2D eigenvalue weighted by Crippen LogP contribution is 2.16. The van der Waals surface area contributed by atoms with E-state index in [2.05, 4.69) is 17.0 Å². The van der Waals surface area contributed by atoms with Crippen molar-refractivity contribution >= 4 is 5.91 Å². The number of nitrogens with zero attached hydrogens (tertiary/aromatic N) is 2. The zero-order chi connectivity index (χ0) is 16.1. The molecule has 0 aromatic heterocycles. The molecule has 2 aromatic rings. The van der Waals surface area contributed by atoms with E-state index in [0.717, 1.165) is 44.0 Å². The van der Waals surface area contributed by atoms with Crippen molar-refractivity contribution < 1.29 is 9.53 Å². The number of carbonyl (C=O) groups is 1. The lowest BCUT2D eigenvalue weighted by atomic mass is 10.1. The molecular formula is C19H22N2O2. The van der Waals surface area contributed by atoms with Crippen LogP contribution < -0.4 is 4.74 Å². The van der Waals surface area contributed by atoms with Crippen LogP contribution >= 0.6 is 0 Å². The van der Waals surface area contributed by atoms with E-state index in [9.17, 15) is 4.79 Å². The highest BCUT2D eigenvalue weighted by molar-refractivity contribution is 5.94. The molecule has 0 radical (unpaired) electrons. The van der Waals surface area contributed by atoms with Crippen molar-refractivity contribution in [1.82, 2.24) is 9.80 Å². The molecule has 1 saturated heterocycles. The molecule has 120 valence electrons. The molecule has 0 saturated carbocycles. The highest BCUT2D eigenvalue weighted by Gasteiger charge is 2.21. The molecule has 1 amide bonds. The molecule has 0 bridgehead atoms. The number of carbonyl (C=O) groups excluding carboxylic acids is 1. The van der Waals surface area contributed by atoms with Crippen LogP contribution in [0, 0.1) is 0 Å². The second-order valence-electron chi connectivity index (χ2n) is 5.79. The average molecular weight is 310 g/mol. The number of rotatable bonds is 4. The molecule has 4 nitrogen and oxygen atoms in total. The number of benzene rings is 2. The van der Waals surface area contributed by atoms with Crippen molar-refractivity contribution in [2.75, 3.05) is 33.3 Å². The molecule has 0 spiro atoms. The number of amides is 1. The molecule has 23 heavy (non-hydrogen) atoms. The summed E-state index contributed by atoms with van der Waals surface area (Å²) in [6.45, 7) is 4.24. The molecular weight excluding hydrogens is 288 g/mol. The van der Waals surface area contributed by atoms with Crippen molar-refractivity contribution in [3.05, 3.63) is 65.7 Å². The second-order valence-corrected chi connectivity index (χ2v) is 5.79. The van der Waals surface area contributed by atoms with Gasteiger partial charge >= 0.3 is 0 Å². The topological polar surface area (TPSA) is 32.8 Å². The average Bonchev–Trinajstić information content (AvgIpc) is 2.63. The first-order chi connectivity index (χ1) is 11.3. The summed E-state index contributed by atoms with van der Waals surface area (Å²) in [7, 11) is 1.69. The third kappa shape index (κ3) is 3.90. The molecule has 1 fully saturated rings. The Balaban J connectivity index is 1.55. The van der Waals surface area contributed by atoms with Gasteiger partial charge in [0, 0.05) is 38.3 Å². The van der Waals surface area contributed by atoms with Gasteiger partial charge in [0.15, 0.2) is 0 Å². The van der Waals surface area contributed by atoms with Crippen LogP contribution in [0.2, 0.25) is 0 Å². The Kier molecular flexibility index (Phi) is 4.93. The predicted octanol–water partition coefficient (Wildman–Crippen LogP) is 2.65. The maximum Gasteiger partial charge on any atom is 0.253 e. The van der Waals surface area contributed by atoms with E-state index in [0.29, 0.717) is 0 Å². The van der Waals surface area contributed by atoms with E-state index in [4.69, 9.17) is 4.74 Å². The van der Waals surface area contributed by atoms with E-state index in [1.165, 1.54) is 5.56 Å². The Labute approximate surface area is 137 Å². The van der Waals surface area contributed by atoms with Gasteiger partial charge in [-0.25, -0.2) is 0 Å². The summed E-state index contributed by atoms with van der Waals surface area (Å²) in [6, 6.07) is 17.7. The van der Waals surface area contributed by atoms with Crippen LogP contribution in [0.5, 0.6) is 5.75 Å². The molecule has 4 heteroatoms. The van der Waals surface area contributed by atoms with Crippen molar-refractivity contribution in [2.45, 2.75) is 6.54 Å². The summed E-state index contributed by atoms with van der Waals surface area (Å²) in [5, 5.41) is 0. The van der Waals surface area contributed by atoms with E-state index >= 15 is 0 Å². The summed E-state index contributed by atoms with van der Waals surface area (Å²) >= 11 is 0. The Morgan fingerprint density at radius 3 is 2.43 bits per heavy atom. The van der Waals surface area contributed by atoms with Crippen LogP contribution in [0.1, 0.15) is 15.9 Å². The number of hydrogen-bond donors (Lipinski definition) is 0. The third-order valence-corrected chi connectivity index (χ3v) is 4.22. The minimum Gasteiger partial charge on any atom is -0.497 e. The first-order valence-electron chi connectivity index (χ1n) is 7.96. The maximum atomic E-state index is 12.4. The molecule has 0 aliphatic carbocycles. The van der Waals surface area contributed by atoms with Gasteiger partial charge in [-0.2, -0.15) is 0 Å². The largest absolute Gasteiger partial charge is 0.497 e. The zero-order valence-corrected chi connectivity index (χ0v) is 13.4. The van der Waals surface area contributed by atoms with Crippen LogP contribution in [0.25, 0.3) is 0 Å². The van der Waals surface area contributed by atoms with Crippen LogP contribution in [-0.2, 0) is 6.54 Å². The Morgan fingerprint density at radius 1 is 1.00 bits per heavy atom. The van der Waals surface area contributed by atoms with Gasteiger partial charge in [-0.1, -0.05) is 30.3 Å². The summed E-state index contributed by atoms with van der Waals surface area (Å²) < 4.78 is 5.27. The van der Waals surface area contributed by atoms with Gasteiger partial charge < -0.3 is 9.64 Å². The van der Waals surface area contributed by atoms with Crippen molar-refractivity contribution in [1.29, 1.82) is 0 Å². The molecule has 2 aromatic carbocycles. The van der Waals surface area contributed by atoms with E-state index in [-0.39, 0.29) is 5.91 Å². The van der Waals surface area contributed by atoms with E-state index in [1.54, 1.807) is 7.11 Å². The van der Waals surface area contributed by atoms with Gasteiger partial charge in [0.2, 0.25) is 0 Å². The molecule has 0 N–H and O–H groups in total. The fourth-order valence-electron chi connectivity index (χ4n) is 2.90. The number of piperazine rings is 1. The standard InChI is InChI=1S/C19H22N2O2/c1-23-18-9-5-6-16(14-18)15-20-10-12-21(13-11-20)19(22)17-7-3-2-4-8-17/h2-9,14H,10-13,15H2,1H3. The summed E-state index contributed by atoms with van der Waals surface area (Å²) in [6.07, 6.45) is 0. The van der Waals surface area contributed by atoms with Crippen LogP contribution in [-0.4, -0.2) is 49.0 Å². The SMILES string of the molecule is COc1cccc(CN2CCN(C(=O)c3ccccc3)CC2)c1. The smallest absolute Gasteiger partial charge is 0.253 e. The van der Waals surface area contributed by atoms with Gasteiger partial charge in [0.1, 0.15) is 5.75 Å². The van der Waals surface area contributed by atoms with Gasteiger partial charge in [-0.05, 0) is 29.8 Å². The molecule has 1 heterocycles. The van der Waals surface area contributed by atoms with Crippen LogP contribution in [0.15, 0.2) is 54.6 Å². The summed E-state index contributed by atoms with van der Waals surface area (Å²) in [4.78, 5) is 16.8. The Bertz CT molecular complexity index is 649. The second kappa shape index (κ2) is 7.29. The quantitative estimate of drug-likeness (QED) is 0.870. The Hall–Kier alpha value is -2.33. The summed E-state index contributed by atoms with van der Waals surface area (Å²) in [5.74, 6) is 1.02. The molecule has 1 aliphatic heterocycles. The van der Waals surface area contributed by atoms with Gasteiger partial charge in [0.25, 0.3) is 5.91 Å². The molecule has 3 rings (SSSR count). The van der Waals surface area contributed by atoms with Gasteiger partial charge in [-0.3, -0.25) is 9.69 Å². The molecule has 0 atom stereocenters. The van der Waals surface area contributed by atoms with E-state index < -0.39 is 0 Å². The highest BCUT2D eigenvalue weighted by atomic mass is 16.5. The van der Waals surface area contributed by atoms with Gasteiger partial charge in [-0.15, -0.1) is 0 Å². The normalized spacial score (nSPS) is 15.4. The Morgan fingerprint density at radius 2 is 1.74 bits per heavy atom. The molecule has 1 aliphatic rings.